The topological polar surface area (TPSA) is 60.9 Å². The van der Waals surface area contributed by atoms with Crippen LogP contribution in [0.2, 0.25) is 5.15 Å². The maximum atomic E-state index is 11.7. The molecule has 0 unspecified atom stereocenters. The first kappa shape index (κ1) is 12.2. The van der Waals surface area contributed by atoms with Gasteiger partial charge in [-0.1, -0.05) is 11.6 Å². The highest BCUT2D eigenvalue weighted by atomic mass is 35.5. The Balaban J connectivity index is 3.40. The Labute approximate surface area is 94.1 Å². The van der Waals surface area contributed by atoms with Gasteiger partial charge in [0.15, 0.2) is 0 Å². The molecule has 0 aliphatic carbocycles. The summed E-state index contributed by atoms with van der Waals surface area (Å²) >= 11 is 5.74. The standard InChI is InChI=1S/C10H16ClN3O/c1-10(2,3)14-7(4-5-12)6-8(11)13-9(14)15/h6H,4-5,12H2,1-3H3. The van der Waals surface area contributed by atoms with Crippen LogP contribution in [0, 0.1) is 0 Å². The van der Waals surface area contributed by atoms with E-state index < -0.39 is 0 Å². The van der Waals surface area contributed by atoms with Crippen molar-refractivity contribution in [1.29, 1.82) is 0 Å². The highest BCUT2D eigenvalue weighted by Crippen LogP contribution is 2.16. The van der Waals surface area contributed by atoms with E-state index in [9.17, 15) is 4.79 Å². The molecular formula is C10H16ClN3O. The van der Waals surface area contributed by atoms with E-state index in [0.717, 1.165) is 5.69 Å². The Morgan fingerprint density at radius 1 is 1.53 bits per heavy atom. The van der Waals surface area contributed by atoms with E-state index in [1.54, 1.807) is 10.6 Å². The van der Waals surface area contributed by atoms with Gasteiger partial charge >= 0.3 is 5.69 Å². The van der Waals surface area contributed by atoms with Crippen LogP contribution < -0.4 is 11.4 Å². The summed E-state index contributed by atoms with van der Waals surface area (Å²) in [5.41, 5.74) is 5.70. The van der Waals surface area contributed by atoms with E-state index in [2.05, 4.69) is 4.98 Å². The summed E-state index contributed by atoms with van der Waals surface area (Å²) in [5, 5.41) is 0.226. The Morgan fingerprint density at radius 2 is 2.13 bits per heavy atom. The molecule has 15 heavy (non-hydrogen) atoms. The van der Waals surface area contributed by atoms with Gasteiger partial charge < -0.3 is 5.73 Å². The molecule has 0 radical (unpaired) electrons. The summed E-state index contributed by atoms with van der Waals surface area (Å²) in [4.78, 5) is 15.4. The Morgan fingerprint density at radius 3 is 2.60 bits per heavy atom. The van der Waals surface area contributed by atoms with Crippen molar-refractivity contribution in [2.45, 2.75) is 32.7 Å². The van der Waals surface area contributed by atoms with Gasteiger partial charge in [0.25, 0.3) is 0 Å². The lowest BCUT2D eigenvalue weighted by atomic mass is 10.1. The molecule has 1 heterocycles. The summed E-state index contributed by atoms with van der Waals surface area (Å²) in [6.45, 7) is 6.33. The Kier molecular flexibility index (Phi) is 3.52. The minimum absolute atomic E-state index is 0.226. The van der Waals surface area contributed by atoms with Gasteiger partial charge in [-0.15, -0.1) is 0 Å². The molecule has 0 spiro atoms. The maximum absolute atomic E-state index is 11.7. The second-order valence-electron chi connectivity index (χ2n) is 4.40. The van der Waals surface area contributed by atoms with Crippen LogP contribution in [0.3, 0.4) is 0 Å². The zero-order valence-corrected chi connectivity index (χ0v) is 10.0. The Bertz CT molecular complexity index is 406. The van der Waals surface area contributed by atoms with Crippen LogP contribution in [0.4, 0.5) is 0 Å². The number of aromatic nitrogens is 2. The largest absolute Gasteiger partial charge is 0.349 e. The smallest absolute Gasteiger partial charge is 0.330 e. The number of hydrogen-bond acceptors (Lipinski definition) is 3. The predicted molar refractivity (Wildman–Crippen MR) is 61.3 cm³/mol. The van der Waals surface area contributed by atoms with Crippen LogP contribution in [0.5, 0.6) is 0 Å². The molecule has 1 rings (SSSR count). The number of rotatable bonds is 2. The summed E-state index contributed by atoms with van der Waals surface area (Å²) in [5.74, 6) is 0. The lowest BCUT2D eigenvalue weighted by molar-refractivity contribution is 0.364. The minimum atomic E-state index is -0.321. The number of hydrogen-bond donors (Lipinski definition) is 1. The average Bonchev–Trinajstić information content (AvgIpc) is 1.99. The molecule has 0 saturated carbocycles. The van der Waals surface area contributed by atoms with Crippen LogP contribution in [0.25, 0.3) is 0 Å². The zero-order chi connectivity index (χ0) is 11.6. The first-order valence-electron chi connectivity index (χ1n) is 4.85. The number of nitrogens with zero attached hydrogens (tertiary/aromatic N) is 2. The lowest BCUT2D eigenvalue weighted by Crippen LogP contribution is -2.38. The van der Waals surface area contributed by atoms with Crippen molar-refractivity contribution in [2.75, 3.05) is 6.54 Å². The summed E-state index contributed by atoms with van der Waals surface area (Å²) in [6, 6.07) is 1.70. The molecule has 84 valence electrons. The van der Waals surface area contributed by atoms with Crippen LogP contribution in [0.1, 0.15) is 26.5 Å². The molecule has 0 aliphatic heterocycles. The van der Waals surface area contributed by atoms with Gasteiger partial charge in [0.2, 0.25) is 0 Å². The molecule has 4 nitrogen and oxygen atoms in total. The molecule has 0 aromatic carbocycles. The van der Waals surface area contributed by atoms with E-state index in [0.29, 0.717) is 13.0 Å². The first-order chi connectivity index (χ1) is 6.86. The van der Waals surface area contributed by atoms with Crippen molar-refractivity contribution in [3.63, 3.8) is 0 Å². The Hall–Kier alpha value is -0.870. The first-order valence-corrected chi connectivity index (χ1v) is 5.23. The highest BCUT2D eigenvalue weighted by Gasteiger charge is 2.19. The molecule has 0 saturated heterocycles. The number of halogens is 1. The van der Waals surface area contributed by atoms with E-state index >= 15 is 0 Å². The average molecular weight is 230 g/mol. The van der Waals surface area contributed by atoms with E-state index in [-0.39, 0.29) is 16.4 Å². The highest BCUT2D eigenvalue weighted by molar-refractivity contribution is 6.29. The molecule has 1 aromatic rings. The van der Waals surface area contributed by atoms with Gasteiger partial charge in [-0.2, -0.15) is 4.98 Å². The summed E-state index contributed by atoms with van der Waals surface area (Å²) < 4.78 is 1.63. The second-order valence-corrected chi connectivity index (χ2v) is 4.78. The fraction of sp³-hybridized carbons (Fsp3) is 0.600. The summed E-state index contributed by atoms with van der Waals surface area (Å²) in [7, 11) is 0. The van der Waals surface area contributed by atoms with Gasteiger partial charge in [0, 0.05) is 17.7 Å². The normalized spacial score (nSPS) is 11.8. The molecular weight excluding hydrogens is 214 g/mol. The van der Waals surface area contributed by atoms with Crippen molar-refractivity contribution in [3.8, 4) is 0 Å². The molecule has 0 aliphatic rings. The molecule has 0 atom stereocenters. The molecule has 0 bridgehead atoms. The van der Waals surface area contributed by atoms with Gasteiger partial charge in [-0.05, 0) is 33.4 Å². The monoisotopic (exact) mass is 229 g/mol. The van der Waals surface area contributed by atoms with E-state index in [1.165, 1.54) is 0 Å². The van der Waals surface area contributed by atoms with Gasteiger partial charge in [-0.25, -0.2) is 4.79 Å². The third-order valence-corrected chi connectivity index (χ3v) is 2.23. The molecule has 1 aromatic heterocycles. The molecule has 5 heteroatoms. The van der Waals surface area contributed by atoms with Gasteiger partial charge in [-0.3, -0.25) is 4.57 Å². The lowest BCUT2D eigenvalue weighted by Gasteiger charge is -2.25. The third-order valence-electron chi connectivity index (χ3n) is 2.04. The van der Waals surface area contributed by atoms with E-state index in [4.69, 9.17) is 17.3 Å². The van der Waals surface area contributed by atoms with Crippen LogP contribution in [-0.2, 0) is 12.0 Å². The molecule has 0 amide bonds. The molecule has 0 fully saturated rings. The maximum Gasteiger partial charge on any atom is 0.349 e. The summed E-state index contributed by atoms with van der Waals surface area (Å²) in [6.07, 6.45) is 0.620. The van der Waals surface area contributed by atoms with Crippen molar-refractivity contribution >= 4 is 11.6 Å². The van der Waals surface area contributed by atoms with Gasteiger partial charge in [0.05, 0.1) is 0 Å². The van der Waals surface area contributed by atoms with Crippen LogP contribution >= 0.6 is 11.6 Å². The van der Waals surface area contributed by atoms with Crippen molar-refractivity contribution in [1.82, 2.24) is 9.55 Å². The fourth-order valence-electron chi connectivity index (χ4n) is 1.55. The number of nitrogens with two attached hydrogens (primary N) is 1. The fourth-order valence-corrected chi connectivity index (χ4v) is 1.75. The van der Waals surface area contributed by atoms with Crippen molar-refractivity contribution < 1.29 is 0 Å². The van der Waals surface area contributed by atoms with Crippen molar-refractivity contribution in [2.24, 2.45) is 5.73 Å². The van der Waals surface area contributed by atoms with Gasteiger partial charge in [0.1, 0.15) is 5.15 Å². The van der Waals surface area contributed by atoms with E-state index in [1.807, 2.05) is 20.8 Å². The van der Waals surface area contributed by atoms with Crippen molar-refractivity contribution in [3.05, 3.63) is 27.4 Å². The van der Waals surface area contributed by atoms with Crippen LogP contribution in [0.15, 0.2) is 10.9 Å². The third kappa shape index (κ3) is 2.79. The zero-order valence-electron chi connectivity index (χ0n) is 9.25. The van der Waals surface area contributed by atoms with Crippen LogP contribution in [-0.4, -0.2) is 16.1 Å². The predicted octanol–water partition coefficient (Wildman–Crippen LogP) is 1.15. The molecule has 2 N–H and O–H groups in total. The second kappa shape index (κ2) is 4.33. The quantitative estimate of drug-likeness (QED) is 0.774. The minimum Gasteiger partial charge on any atom is -0.330 e. The SMILES string of the molecule is CC(C)(C)n1c(CCN)cc(Cl)nc1=O.